The number of hydrazone groups is 1. The molecule has 4 rings (SSSR count). The zero-order valence-corrected chi connectivity index (χ0v) is 20.4. The van der Waals surface area contributed by atoms with Gasteiger partial charge in [-0.2, -0.15) is 10.1 Å². The molecule has 1 aromatic heterocycles. The van der Waals surface area contributed by atoms with Crippen molar-refractivity contribution in [3.63, 3.8) is 0 Å². The molecule has 2 amide bonds. The largest absolute Gasteiger partial charge is 0.496 e. The highest BCUT2D eigenvalue weighted by molar-refractivity contribution is 6.28. The lowest BCUT2D eigenvalue weighted by Crippen LogP contribution is -2.36. The number of benzene rings is 2. The van der Waals surface area contributed by atoms with E-state index in [0.717, 1.165) is 5.69 Å². The van der Waals surface area contributed by atoms with Crippen LogP contribution in [-0.2, 0) is 15.5 Å². The third-order valence-electron chi connectivity index (χ3n) is 5.98. The Labute approximate surface area is 207 Å². The summed E-state index contributed by atoms with van der Waals surface area (Å²) >= 11 is 0. The first-order valence-electron chi connectivity index (χ1n) is 11.4. The lowest BCUT2D eigenvalue weighted by Gasteiger charge is -2.18. The van der Waals surface area contributed by atoms with Gasteiger partial charge in [0.05, 0.1) is 24.2 Å². The minimum Gasteiger partial charge on any atom is -0.496 e. The van der Waals surface area contributed by atoms with Gasteiger partial charge in [0.25, 0.3) is 11.8 Å². The van der Waals surface area contributed by atoms with E-state index < -0.39 is 23.7 Å². The van der Waals surface area contributed by atoms with Gasteiger partial charge in [0.1, 0.15) is 5.75 Å². The van der Waals surface area contributed by atoms with Crippen LogP contribution in [0.25, 0.3) is 11.3 Å². The number of rotatable bonds is 7. The first-order chi connectivity index (χ1) is 17.1. The van der Waals surface area contributed by atoms with Crippen LogP contribution in [-0.4, -0.2) is 29.6 Å². The van der Waals surface area contributed by atoms with Crippen LogP contribution < -0.4 is 15.1 Å². The van der Waals surface area contributed by atoms with Gasteiger partial charge < -0.3 is 10.1 Å². The summed E-state index contributed by atoms with van der Waals surface area (Å²) in [5, 5.41) is 8.07. The van der Waals surface area contributed by atoms with Crippen LogP contribution in [0, 0.1) is 12.8 Å². The van der Waals surface area contributed by atoms with Crippen molar-refractivity contribution in [1.29, 1.82) is 0 Å². The number of ether oxygens (including phenoxy) is 1. The number of nitrogens with one attached hydrogen (secondary N) is 1. The predicted octanol–water partition coefficient (Wildman–Crippen LogP) is 5.54. The molecule has 1 unspecified atom stereocenters. The van der Waals surface area contributed by atoms with E-state index >= 15 is 0 Å². The maximum atomic E-state index is 14.1. The average Bonchev–Trinajstić information content (AvgIpc) is 3.17. The fourth-order valence-corrected chi connectivity index (χ4v) is 4.02. The fraction of sp³-hybridized carbons (Fsp3) is 0.259. The summed E-state index contributed by atoms with van der Waals surface area (Å²) in [5.74, 6) is -4.83. The minimum absolute atomic E-state index is 0.182. The summed E-state index contributed by atoms with van der Waals surface area (Å²) in [7, 11) is 1.54. The summed E-state index contributed by atoms with van der Waals surface area (Å²) in [4.78, 5) is 30.8. The summed E-state index contributed by atoms with van der Waals surface area (Å²) in [6, 6.07) is 16.2. The van der Waals surface area contributed by atoms with Crippen molar-refractivity contribution in [3.05, 3.63) is 71.9 Å². The number of amides is 2. The number of methoxy groups -OCH3 is 1. The molecule has 36 heavy (non-hydrogen) atoms. The molecule has 2 aromatic carbocycles. The molecule has 0 fully saturated rings. The highest BCUT2D eigenvalue weighted by Gasteiger charge is 2.40. The summed E-state index contributed by atoms with van der Waals surface area (Å²) < 4.78 is 33.7. The molecular formula is C27H26F2N4O3. The second-order valence-electron chi connectivity index (χ2n) is 8.50. The highest BCUT2D eigenvalue weighted by atomic mass is 19.3. The standard InChI is InChI=1S/C27H26F2N4O3/c1-5-27(28,29)18-9-7-10-19(14-18)31-25(34)24-17(3)32-33(26(24)35)20-12-13-23(36-4)21(15-20)22-11-6-8-16(2)30-22/h6-15,24H,5H2,1-4H3,(H,31,34). The lowest BCUT2D eigenvalue weighted by molar-refractivity contribution is -0.127. The molecule has 1 aliphatic heterocycles. The molecule has 0 aliphatic carbocycles. The Morgan fingerprint density at radius 3 is 2.56 bits per heavy atom. The maximum Gasteiger partial charge on any atom is 0.273 e. The number of alkyl halides is 2. The molecule has 0 saturated heterocycles. The third kappa shape index (κ3) is 4.82. The van der Waals surface area contributed by atoms with Gasteiger partial charge in [-0.05, 0) is 56.3 Å². The molecule has 1 N–H and O–H groups in total. The Balaban J connectivity index is 1.59. The van der Waals surface area contributed by atoms with E-state index in [1.807, 2.05) is 25.1 Å². The van der Waals surface area contributed by atoms with Crippen LogP contribution in [0.2, 0.25) is 0 Å². The number of carbonyl (C=O) groups excluding carboxylic acids is 2. The number of halogens is 2. The number of pyridine rings is 1. The Morgan fingerprint density at radius 1 is 1.11 bits per heavy atom. The molecule has 0 radical (unpaired) electrons. The monoisotopic (exact) mass is 492 g/mol. The summed E-state index contributed by atoms with van der Waals surface area (Å²) in [6.07, 6.45) is -0.367. The van der Waals surface area contributed by atoms with Gasteiger partial charge in [0.15, 0.2) is 5.92 Å². The first-order valence-corrected chi connectivity index (χ1v) is 11.4. The number of hydrogen-bond donors (Lipinski definition) is 1. The van der Waals surface area contributed by atoms with Crippen LogP contribution in [0.4, 0.5) is 20.2 Å². The van der Waals surface area contributed by atoms with Gasteiger partial charge in [0.2, 0.25) is 5.91 Å². The van der Waals surface area contributed by atoms with Crippen LogP contribution >= 0.6 is 0 Å². The van der Waals surface area contributed by atoms with E-state index in [-0.39, 0.29) is 17.7 Å². The van der Waals surface area contributed by atoms with Gasteiger partial charge in [-0.3, -0.25) is 14.6 Å². The van der Waals surface area contributed by atoms with Crippen LogP contribution in [0.5, 0.6) is 5.75 Å². The zero-order chi connectivity index (χ0) is 26.0. The Hall–Kier alpha value is -4.14. The van der Waals surface area contributed by atoms with Gasteiger partial charge >= 0.3 is 0 Å². The molecule has 1 aliphatic rings. The highest BCUT2D eigenvalue weighted by Crippen LogP contribution is 2.35. The smallest absolute Gasteiger partial charge is 0.273 e. The molecular weight excluding hydrogens is 466 g/mol. The molecule has 3 aromatic rings. The Kier molecular flexibility index (Phi) is 6.83. The lowest BCUT2D eigenvalue weighted by atomic mass is 10.0. The molecule has 1 atom stereocenters. The van der Waals surface area contributed by atoms with E-state index in [9.17, 15) is 18.4 Å². The number of anilines is 2. The zero-order valence-electron chi connectivity index (χ0n) is 20.4. The normalized spacial score (nSPS) is 15.6. The van der Waals surface area contributed by atoms with Crippen molar-refractivity contribution in [2.24, 2.45) is 11.0 Å². The molecule has 7 nitrogen and oxygen atoms in total. The number of aromatic nitrogens is 1. The number of carbonyl (C=O) groups is 2. The summed E-state index contributed by atoms with van der Waals surface area (Å²) in [5.41, 5.74) is 2.87. The van der Waals surface area contributed by atoms with E-state index in [4.69, 9.17) is 4.74 Å². The second kappa shape index (κ2) is 9.85. The Morgan fingerprint density at radius 2 is 1.86 bits per heavy atom. The number of nitrogens with zero attached hydrogens (tertiary/aromatic N) is 3. The summed E-state index contributed by atoms with van der Waals surface area (Å²) in [6.45, 7) is 4.84. The molecule has 9 heteroatoms. The topological polar surface area (TPSA) is 83.9 Å². The van der Waals surface area contributed by atoms with Crippen molar-refractivity contribution >= 4 is 28.9 Å². The fourth-order valence-electron chi connectivity index (χ4n) is 4.02. The van der Waals surface area contributed by atoms with Crippen LogP contribution in [0.15, 0.2) is 65.8 Å². The van der Waals surface area contributed by atoms with Crippen molar-refractivity contribution in [3.8, 4) is 17.0 Å². The quantitative estimate of drug-likeness (QED) is 0.439. The molecule has 0 bridgehead atoms. The SMILES string of the molecule is CCC(F)(F)c1cccc(NC(=O)C2C(=O)N(c3ccc(OC)c(-c4cccc(C)n4)c3)N=C2C)c1. The molecule has 2 heterocycles. The van der Waals surface area contributed by atoms with E-state index in [1.165, 1.54) is 36.2 Å². The second-order valence-corrected chi connectivity index (χ2v) is 8.50. The van der Waals surface area contributed by atoms with Crippen molar-refractivity contribution in [2.75, 3.05) is 17.4 Å². The van der Waals surface area contributed by atoms with Crippen molar-refractivity contribution < 1.29 is 23.1 Å². The van der Waals surface area contributed by atoms with Gasteiger partial charge in [-0.1, -0.05) is 25.1 Å². The first kappa shape index (κ1) is 25.0. The Bertz CT molecular complexity index is 1360. The minimum atomic E-state index is -3.02. The van der Waals surface area contributed by atoms with Gasteiger partial charge in [-0.15, -0.1) is 0 Å². The number of hydrogen-bond acceptors (Lipinski definition) is 5. The molecule has 0 spiro atoms. The van der Waals surface area contributed by atoms with Gasteiger partial charge in [-0.25, -0.2) is 8.78 Å². The van der Waals surface area contributed by atoms with Crippen molar-refractivity contribution in [1.82, 2.24) is 4.98 Å². The third-order valence-corrected chi connectivity index (χ3v) is 5.98. The van der Waals surface area contributed by atoms with Crippen LogP contribution in [0.3, 0.4) is 0 Å². The average molecular weight is 493 g/mol. The van der Waals surface area contributed by atoms with E-state index in [1.54, 1.807) is 32.2 Å². The number of aryl methyl sites for hydroxylation is 1. The van der Waals surface area contributed by atoms with E-state index in [2.05, 4.69) is 15.4 Å². The van der Waals surface area contributed by atoms with Crippen LogP contribution in [0.1, 0.15) is 31.5 Å². The van der Waals surface area contributed by atoms with E-state index in [0.29, 0.717) is 28.4 Å². The molecule has 186 valence electrons. The molecule has 0 saturated carbocycles. The maximum absolute atomic E-state index is 14.1. The van der Waals surface area contributed by atoms with Gasteiger partial charge in [0, 0.05) is 28.9 Å². The van der Waals surface area contributed by atoms with Crippen molar-refractivity contribution in [2.45, 2.75) is 33.1 Å². The predicted molar refractivity (Wildman–Crippen MR) is 134 cm³/mol.